The summed E-state index contributed by atoms with van der Waals surface area (Å²) in [4.78, 5) is 17.8. The largest absolute Gasteiger partial charge is 0.468 e. The number of hydrogen-bond acceptors (Lipinski definition) is 5. The fourth-order valence-corrected chi connectivity index (χ4v) is 4.73. The molecule has 1 saturated carbocycles. The molecule has 2 aromatic rings. The number of hydrogen-bond donors (Lipinski definition) is 1. The molecule has 3 heterocycles. The fourth-order valence-electron chi connectivity index (χ4n) is 4.73. The van der Waals surface area contributed by atoms with Crippen molar-refractivity contribution in [2.75, 3.05) is 13.7 Å². The highest BCUT2D eigenvalue weighted by Crippen LogP contribution is 2.47. The molecule has 1 N–H and O–H groups in total. The maximum atomic E-state index is 13.1. The SMILES string of the molecule is COC(=O)C1(c2c(C3CCCCO3)ccnc2-c2ccn[nH]2)CCCCC1. The van der Waals surface area contributed by atoms with Crippen LogP contribution in [0.2, 0.25) is 0 Å². The quantitative estimate of drug-likeness (QED) is 0.822. The first-order chi connectivity index (χ1) is 13.3. The number of pyridine rings is 1. The normalized spacial score (nSPS) is 22.3. The molecule has 6 heteroatoms. The van der Waals surface area contributed by atoms with E-state index in [0.29, 0.717) is 0 Å². The second kappa shape index (κ2) is 7.80. The minimum Gasteiger partial charge on any atom is -0.468 e. The van der Waals surface area contributed by atoms with Crippen molar-refractivity contribution in [1.82, 2.24) is 15.2 Å². The van der Waals surface area contributed by atoms with Crippen molar-refractivity contribution in [3.8, 4) is 11.4 Å². The summed E-state index contributed by atoms with van der Waals surface area (Å²) < 4.78 is 11.4. The number of ether oxygens (including phenoxy) is 2. The average molecular weight is 369 g/mol. The van der Waals surface area contributed by atoms with Gasteiger partial charge in [0.1, 0.15) is 0 Å². The second-order valence-corrected chi connectivity index (χ2v) is 7.58. The van der Waals surface area contributed by atoms with E-state index in [4.69, 9.17) is 9.47 Å². The molecule has 144 valence electrons. The first-order valence-corrected chi connectivity index (χ1v) is 9.95. The van der Waals surface area contributed by atoms with Gasteiger partial charge in [0, 0.05) is 24.6 Å². The topological polar surface area (TPSA) is 77.1 Å². The number of rotatable bonds is 4. The summed E-state index contributed by atoms with van der Waals surface area (Å²) in [6.45, 7) is 0.761. The Labute approximate surface area is 159 Å². The molecule has 2 aliphatic rings. The number of methoxy groups -OCH3 is 1. The second-order valence-electron chi connectivity index (χ2n) is 7.58. The van der Waals surface area contributed by atoms with Crippen LogP contribution in [0.3, 0.4) is 0 Å². The molecule has 4 rings (SSSR count). The van der Waals surface area contributed by atoms with E-state index in [0.717, 1.165) is 80.5 Å². The predicted molar refractivity (Wildman–Crippen MR) is 101 cm³/mol. The fraction of sp³-hybridized carbons (Fsp3) is 0.571. The number of H-pyrrole nitrogens is 1. The molecule has 1 unspecified atom stereocenters. The molecule has 1 saturated heterocycles. The Bertz CT molecular complexity index is 776. The highest BCUT2D eigenvalue weighted by molar-refractivity contribution is 5.86. The summed E-state index contributed by atoms with van der Waals surface area (Å²) in [6.07, 6.45) is 11.5. The molecular formula is C21H27N3O3. The van der Waals surface area contributed by atoms with E-state index < -0.39 is 5.41 Å². The van der Waals surface area contributed by atoms with Gasteiger partial charge in [-0.2, -0.15) is 5.10 Å². The minimum atomic E-state index is -0.669. The van der Waals surface area contributed by atoms with Crippen molar-refractivity contribution in [2.45, 2.75) is 62.9 Å². The predicted octanol–water partition coefficient (Wildman–Crippen LogP) is 4.09. The Morgan fingerprint density at radius 1 is 1.19 bits per heavy atom. The summed E-state index contributed by atoms with van der Waals surface area (Å²) >= 11 is 0. The van der Waals surface area contributed by atoms with Gasteiger partial charge in [0.25, 0.3) is 0 Å². The summed E-state index contributed by atoms with van der Waals surface area (Å²) in [5.74, 6) is -0.159. The lowest BCUT2D eigenvalue weighted by atomic mass is 9.66. The molecular weight excluding hydrogens is 342 g/mol. The van der Waals surface area contributed by atoms with E-state index >= 15 is 0 Å². The standard InChI is InChI=1S/C21H27N3O3/c1-26-20(25)21(10-4-2-5-11-21)18-15(17-7-3-6-14-27-17)8-12-22-19(18)16-9-13-23-24-16/h8-9,12-13,17H,2-7,10-11,14H2,1H3,(H,23,24). The van der Waals surface area contributed by atoms with E-state index in [1.165, 1.54) is 7.11 Å². The third kappa shape index (κ3) is 3.27. The molecule has 2 fully saturated rings. The van der Waals surface area contributed by atoms with Gasteiger partial charge in [-0.1, -0.05) is 19.3 Å². The zero-order valence-corrected chi connectivity index (χ0v) is 15.9. The van der Waals surface area contributed by atoms with Crippen LogP contribution in [-0.2, 0) is 19.7 Å². The first-order valence-electron chi connectivity index (χ1n) is 9.95. The lowest BCUT2D eigenvalue weighted by Crippen LogP contribution is -2.41. The van der Waals surface area contributed by atoms with Crippen molar-refractivity contribution >= 4 is 5.97 Å². The van der Waals surface area contributed by atoms with E-state index in [9.17, 15) is 4.79 Å². The van der Waals surface area contributed by atoms with Crippen LogP contribution in [0.5, 0.6) is 0 Å². The lowest BCUT2D eigenvalue weighted by molar-refractivity contribution is -0.149. The van der Waals surface area contributed by atoms with Crippen molar-refractivity contribution in [2.24, 2.45) is 0 Å². The molecule has 1 aliphatic carbocycles. The number of carbonyl (C=O) groups is 1. The molecule has 0 bridgehead atoms. The van der Waals surface area contributed by atoms with Crippen LogP contribution < -0.4 is 0 Å². The van der Waals surface area contributed by atoms with E-state index in [1.807, 2.05) is 18.3 Å². The molecule has 6 nitrogen and oxygen atoms in total. The summed E-state index contributed by atoms with van der Waals surface area (Å²) in [5, 5.41) is 7.13. The van der Waals surface area contributed by atoms with Gasteiger partial charge in [-0.05, 0) is 49.8 Å². The highest BCUT2D eigenvalue weighted by atomic mass is 16.5. The van der Waals surface area contributed by atoms with Crippen LogP contribution in [0.4, 0.5) is 0 Å². The van der Waals surface area contributed by atoms with Crippen molar-refractivity contribution in [3.05, 3.63) is 35.7 Å². The van der Waals surface area contributed by atoms with Gasteiger partial charge in [-0.3, -0.25) is 14.9 Å². The van der Waals surface area contributed by atoms with Gasteiger partial charge in [0.2, 0.25) is 0 Å². The number of carbonyl (C=O) groups excluding carboxylic acids is 1. The number of esters is 1. The van der Waals surface area contributed by atoms with E-state index in [1.54, 1.807) is 6.20 Å². The van der Waals surface area contributed by atoms with Crippen LogP contribution >= 0.6 is 0 Å². The van der Waals surface area contributed by atoms with Crippen LogP contribution in [-0.4, -0.2) is 34.9 Å². The number of nitrogens with one attached hydrogen (secondary N) is 1. The Kier molecular flexibility index (Phi) is 5.25. The first kappa shape index (κ1) is 18.2. The molecule has 1 aliphatic heterocycles. The molecule has 2 aromatic heterocycles. The third-order valence-electron chi connectivity index (χ3n) is 6.03. The van der Waals surface area contributed by atoms with Crippen molar-refractivity contribution in [1.29, 1.82) is 0 Å². The Morgan fingerprint density at radius 3 is 2.70 bits per heavy atom. The maximum absolute atomic E-state index is 13.1. The summed E-state index contributed by atoms with van der Waals surface area (Å²) in [7, 11) is 1.49. The Morgan fingerprint density at radius 2 is 2.04 bits per heavy atom. The van der Waals surface area contributed by atoms with Crippen LogP contribution in [0.1, 0.15) is 68.6 Å². The third-order valence-corrected chi connectivity index (χ3v) is 6.03. The van der Waals surface area contributed by atoms with Gasteiger partial charge >= 0.3 is 5.97 Å². The number of nitrogens with zero attached hydrogens (tertiary/aromatic N) is 2. The van der Waals surface area contributed by atoms with Gasteiger partial charge in [0.05, 0.1) is 30.0 Å². The molecule has 0 aromatic carbocycles. The van der Waals surface area contributed by atoms with Crippen LogP contribution in [0.15, 0.2) is 24.5 Å². The van der Waals surface area contributed by atoms with Gasteiger partial charge in [-0.15, -0.1) is 0 Å². The average Bonchev–Trinajstić information content (AvgIpc) is 3.28. The highest BCUT2D eigenvalue weighted by Gasteiger charge is 2.46. The number of aromatic nitrogens is 3. The lowest BCUT2D eigenvalue weighted by Gasteiger charge is -2.38. The summed E-state index contributed by atoms with van der Waals surface area (Å²) in [5.41, 5.74) is 3.02. The van der Waals surface area contributed by atoms with Gasteiger partial charge < -0.3 is 9.47 Å². The van der Waals surface area contributed by atoms with Gasteiger partial charge in [0.15, 0.2) is 0 Å². The van der Waals surface area contributed by atoms with Crippen LogP contribution in [0.25, 0.3) is 11.4 Å². The molecule has 1 atom stereocenters. The molecule has 0 spiro atoms. The number of aromatic amines is 1. The zero-order chi connectivity index (χ0) is 18.7. The molecule has 0 amide bonds. The Balaban J connectivity index is 1.93. The van der Waals surface area contributed by atoms with Crippen molar-refractivity contribution < 1.29 is 14.3 Å². The molecule has 27 heavy (non-hydrogen) atoms. The zero-order valence-electron chi connectivity index (χ0n) is 15.9. The monoisotopic (exact) mass is 369 g/mol. The van der Waals surface area contributed by atoms with E-state index in [2.05, 4.69) is 15.2 Å². The molecule has 0 radical (unpaired) electrons. The minimum absolute atomic E-state index is 0.00174. The van der Waals surface area contributed by atoms with Gasteiger partial charge in [-0.25, -0.2) is 0 Å². The van der Waals surface area contributed by atoms with E-state index in [-0.39, 0.29) is 12.1 Å². The smallest absolute Gasteiger partial charge is 0.316 e. The maximum Gasteiger partial charge on any atom is 0.316 e. The van der Waals surface area contributed by atoms with Crippen molar-refractivity contribution in [3.63, 3.8) is 0 Å². The Hall–Kier alpha value is -2.21. The summed E-state index contributed by atoms with van der Waals surface area (Å²) in [6, 6.07) is 3.94. The van der Waals surface area contributed by atoms with Crippen LogP contribution in [0, 0.1) is 0 Å².